The smallest absolute Gasteiger partial charge is 0.252 e. The van der Waals surface area contributed by atoms with Crippen molar-refractivity contribution in [3.8, 4) is 5.69 Å². The Hall–Kier alpha value is -4.24. The van der Waals surface area contributed by atoms with Crippen LogP contribution in [0.15, 0.2) is 109 Å². The number of aromatic nitrogens is 1. The molecule has 3 heterocycles. The van der Waals surface area contributed by atoms with E-state index in [-0.39, 0.29) is 12.1 Å². The molecule has 37 heavy (non-hydrogen) atoms. The Morgan fingerprint density at radius 1 is 0.595 bits per heavy atom. The summed E-state index contributed by atoms with van der Waals surface area (Å²) in [5.41, 5.74) is 13.2. The van der Waals surface area contributed by atoms with Gasteiger partial charge in [0.25, 0.3) is 6.71 Å². The fourth-order valence-corrected chi connectivity index (χ4v) is 6.65. The number of hydrogen-bond acceptors (Lipinski definition) is 1. The topological polar surface area (TPSA) is 8.17 Å². The van der Waals surface area contributed by atoms with Gasteiger partial charge in [-0.15, -0.1) is 0 Å². The highest BCUT2D eigenvalue weighted by atomic mass is 15.2. The van der Waals surface area contributed by atoms with Crippen LogP contribution in [0.1, 0.15) is 26.3 Å². The molecular weight excluding hydrogens is 447 g/mol. The number of anilines is 3. The standard InChI is InChI=1S/C34H27BN2/c1-34(2,3)22-20-30-32-31(21-22)37-28-18-9-7-14-24(28)25-15-11-17-27(33(25)37)35(32)26-16-8-10-19-29(26)36(30)23-12-5-4-6-13-23/h4-21H,1-3H3. The van der Waals surface area contributed by atoms with Crippen molar-refractivity contribution in [2.75, 3.05) is 4.90 Å². The van der Waals surface area contributed by atoms with E-state index in [0.29, 0.717) is 0 Å². The first-order chi connectivity index (χ1) is 18.0. The van der Waals surface area contributed by atoms with Gasteiger partial charge in [0, 0.05) is 39.0 Å². The Bertz CT molecular complexity index is 1870. The Balaban J connectivity index is 1.60. The highest BCUT2D eigenvalue weighted by Crippen LogP contribution is 2.42. The molecule has 0 spiro atoms. The zero-order valence-corrected chi connectivity index (χ0v) is 21.4. The summed E-state index contributed by atoms with van der Waals surface area (Å²) in [6.45, 7) is 7.16. The monoisotopic (exact) mass is 474 g/mol. The van der Waals surface area contributed by atoms with Crippen molar-refractivity contribution in [3.05, 3.63) is 115 Å². The second-order valence-electron chi connectivity index (χ2n) is 11.4. The molecule has 1 aromatic heterocycles. The lowest BCUT2D eigenvalue weighted by atomic mass is 9.33. The summed E-state index contributed by atoms with van der Waals surface area (Å²) in [5.74, 6) is 0. The van der Waals surface area contributed by atoms with E-state index in [2.05, 4.69) is 139 Å². The normalized spacial score (nSPS) is 13.7. The van der Waals surface area contributed by atoms with Crippen LogP contribution in [0.5, 0.6) is 0 Å². The van der Waals surface area contributed by atoms with Gasteiger partial charge in [-0.05, 0) is 63.8 Å². The molecule has 0 unspecified atom stereocenters. The van der Waals surface area contributed by atoms with Crippen molar-refractivity contribution in [1.29, 1.82) is 0 Å². The maximum absolute atomic E-state index is 2.54. The first-order valence-corrected chi connectivity index (χ1v) is 13.2. The van der Waals surface area contributed by atoms with E-state index in [1.54, 1.807) is 0 Å². The first kappa shape index (κ1) is 20.9. The summed E-state index contributed by atoms with van der Waals surface area (Å²) in [6.07, 6.45) is 0. The van der Waals surface area contributed by atoms with Crippen LogP contribution in [-0.2, 0) is 5.41 Å². The van der Waals surface area contributed by atoms with Crippen LogP contribution in [0.3, 0.4) is 0 Å². The van der Waals surface area contributed by atoms with Gasteiger partial charge in [-0.2, -0.15) is 0 Å². The molecule has 5 aromatic carbocycles. The lowest BCUT2D eigenvalue weighted by Crippen LogP contribution is -2.60. The lowest BCUT2D eigenvalue weighted by molar-refractivity contribution is 0.590. The maximum Gasteiger partial charge on any atom is 0.252 e. The molecule has 8 rings (SSSR count). The molecule has 2 aliphatic heterocycles. The number of nitrogens with zero attached hydrogens (tertiary/aromatic N) is 2. The summed E-state index contributed by atoms with van der Waals surface area (Å²) in [4.78, 5) is 2.48. The molecule has 0 bridgehead atoms. The fraction of sp³-hybridized carbons (Fsp3) is 0.118. The van der Waals surface area contributed by atoms with Crippen LogP contribution in [0, 0.1) is 0 Å². The van der Waals surface area contributed by atoms with Crippen LogP contribution < -0.4 is 21.3 Å². The van der Waals surface area contributed by atoms with Crippen molar-refractivity contribution >= 4 is 62.0 Å². The minimum Gasteiger partial charge on any atom is -0.311 e. The Labute approximate surface area is 217 Å². The molecule has 0 saturated carbocycles. The molecule has 2 nitrogen and oxygen atoms in total. The molecule has 0 fully saturated rings. The summed E-state index contributed by atoms with van der Waals surface area (Å²) < 4.78 is 2.54. The average molecular weight is 474 g/mol. The largest absolute Gasteiger partial charge is 0.311 e. The third kappa shape index (κ3) is 2.72. The van der Waals surface area contributed by atoms with Crippen molar-refractivity contribution in [2.24, 2.45) is 0 Å². The second-order valence-corrected chi connectivity index (χ2v) is 11.4. The van der Waals surface area contributed by atoms with E-state index in [1.165, 1.54) is 66.5 Å². The Morgan fingerprint density at radius 3 is 2.11 bits per heavy atom. The van der Waals surface area contributed by atoms with E-state index in [0.717, 1.165) is 0 Å². The number of hydrogen-bond donors (Lipinski definition) is 0. The SMILES string of the molecule is CC(C)(C)c1cc2c3c(c1)-n1c4ccccc4c4cccc(c41)B3c1ccccc1N2c1ccccc1. The minimum atomic E-state index is 0.0133. The van der Waals surface area contributed by atoms with Crippen molar-refractivity contribution in [2.45, 2.75) is 26.2 Å². The van der Waals surface area contributed by atoms with Crippen LogP contribution in [0.4, 0.5) is 17.1 Å². The molecule has 0 aliphatic carbocycles. The van der Waals surface area contributed by atoms with Gasteiger partial charge in [-0.1, -0.05) is 93.6 Å². The van der Waals surface area contributed by atoms with Crippen LogP contribution in [0.25, 0.3) is 27.5 Å². The molecule has 0 atom stereocenters. The van der Waals surface area contributed by atoms with Gasteiger partial charge in [0.1, 0.15) is 0 Å². The summed E-state index contributed by atoms with van der Waals surface area (Å²) in [5, 5.41) is 2.66. The quantitative estimate of drug-likeness (QED) is 0.241. The van der Waals surface area contributed by atoms with Crippen LogP contribution in [0.2, 0.25) is 0 Å². The van der Waals surface area contributed by atoms with E-state index >= 15 is 0 Å². The van der Waals surface area contributed by atoms with Gasteiger partial charge in [-0.3, -0.25) is 0 Å². The number of benzene rings is 5. The Kier molecular flexibility index (Phi) is 4.05. The van der Waals surface area contributed by atoms with Gasteiger partial charge in [0.05, 0.1) is 5.52 Å². The highest BCUT2D eigenvalue weighted by molar-refractivity contribution is 7.00. The van der Waals surface area contributed by atoms with Crippen molar-refractivity contribution in [1.82, 2.24) is 4.57 Å². The van der Waals surface area contributed by atoms with Crippen molar-refractivity contribution < 1.29 is 0 Å². The van der Waals surface area contributed by atoms with Gasteiger partial charge < -0.3 is 9.47 Å². The van der Waals surface area contributed by atoms with E-state index in [4.69, 9.17) is 0 Å². The molecule has 0 amide bonds. The predicted molar refractivity (Wildman–Crippen MR) is 159 cm³/mol. The molecule has 0 radical (unpaired) electrons. The summed E-state index contributed by atoms with van der Waals surface area (Å²) in [6, 6.07) is 40.5. The summed E-state index contributed by atoms with van der Waals surface area (Å²) in [7, 11) is 0. The zero-order chi connectivity index (χ0) is 24.9. The zero-order valence-electron chi connectivity index (χ0n) is 21.4. The first-order valence-electron chi connectivity index (χ1n) is 13.2. The Morgan fingerprint density at radius 2 is 1.27 bits per heavy atom. The van der Waals surface area contributed by atoms with Gasteiger partial charge >= 0.3 is 0 Å². The number of rotatable bonds is 1. The molecule has 0 saturated heterocycles. The molecule has 176 valence electrons. The van der Waals surface area contributed by atoms with Crippen molar-refractivity contribution in [3.63, 3.8) is 0 Å². The average Bonchev–Trinajstić information content (AvgIpc) is 3.26. The second kappa shape index (κ2) is 7.17. The third-order valence-electron chi connectivity index (χ3n) is 8.31. The number of fused-ring (bicyclic) bond motifs is 7. The van der Waals surface area contributed by atoms with E-state index in [1.807, 2.05) is 0 Å². The summed E-state index contributed by atoms with van der Waals surface area (Å²) >= 11 is 0. The molecule has 0 N–H and O–H groups in total. The van der Waals surface area contributed by atoms with Gasteiger partial charge in [-0.25, -0.2) is 0 Å². The minimum absolute atomic E-state index is 0.0133. The van der Waals surface area contributed by atoms with Crippen LogP contribution in [-0.4, -0.2) is 11.3 Å². The molecule has 2 aliphatic rings. The molecule has 6 aromatic rings. The van der Waals surface area contributed by atoms with Gasteiger partial charge in [0.15, 0.2) is 0 Å². The van der Waals surface area contributed by atoms with Crippen LogP contribution >= 0.6 is 0 Å². The third-order valence-corrected chi connectivity index (χ3v) is 8.31. The van der Waals surface area contributed by atoms with E-state index < -0.39 is 0 Å². The highest BCUT2D eigenvalue weighted by Gasteiger charge is 2.42. The number of para-hydroxylation sites is 4. The maximum atomic E-state index is 2.54. The lowest BCUT2D eigenvalue weighted by Gasteiger charge is -2.41. The fourth-order valence-electron chi connectivity index (χ4n) is 6.65. The predicted octanol–water partition coefficient (Wildman–Crippen LogP) is 6.69. The van der Waals surface area contributed by atoms with Gasteiger partial charge in [0.2, 0.25) is 0 Å². The van der Waals surface area contributed by atoms with E-state index in [9.17, 15) is 0 Å². The molecule has 3 heteroatoms. The molecular formula is C34H27BN2.